The van der Waals surface area contributed by atoms with E-state index in [4.69, 9.17) is 46.4 Å². The Labute approximate surface area is 245 Å². The zero-order valence-electron chi connectivity index (χ0n) is 21.8. The van der Waals surface area contributed by atoms with Crippen LogP contribution in [0.15, 0.2) is 12.1 Å². The van der Waals surface area contributed by atoms with Crippen LogP contribution in [0, 0.1) is 21.4 Å². The highest BCUT2D eigenvalue weighted by Gasteiger charge is 2.56. The molecule has 39 heavy (non-hydrogen) atoms. The molecular weight excluding hydrogens is 586 g/mol. The topological polar surface area (TPSA) is 97.6 Å². The molecule has 1 aliphatic heterocycles. The summed E-state index contributed by atoms with van der Waals surface area (Å²) in [5, 5.41) is 11.5. The molecular formula is C28H26Cl4N2O5. The van der Waals surface area contributed by atoms with Gasteiger partial charge in [-0.3, -0.25) is 29.4 Å². The fourth-order valence-corrected chi connectivity index (χ4v) is 8.10. The molecule has 1 saturated carbocycles. The molecule has 11 heteroatoms. The minimum Gasteiger partial charge on any atom is -0.294 e. The van der Waals surface area contributed by atoms with E-state index in [9.17, 15) is 24.5 Å². The smallest absolute Gasteiger partial charge is 0.273 e. The molecule has 0 unspecified atom stereocenters. The van der Waals surface area contributed by atoms with E-state index in [1.54, 1.807) is 12.1 Å². The maximum atomic E-state index is 13.6. The molecule has 7 nitrogen and oxygen atoms in total. The molecule has 0 aromatic heterocycles. The number of Topliss-reactive ketones (excluding diaryl/α,β-unsaturated/α-hetero) is 1. The van der Waals surface area contributed by atoms with Gasteiger partial charge in [-0.05, 0) is 47.1 Å². The van der Waals surface area contributed by atoms with Gasteiger partial charge in [-0.15, -0.1) is 0 Å². The molecule has 0 bridgehead atoms. The fraction of sp³-hybridized carbons (Fsp3) is 0.464. The number of halogens is 4. The largest absolute Gasteiger partial charge is 0.294 e. The first kappa shape index (κ1) is 28.3. The standard InChI is InChI=1S/C28H26Cl4N2O5/c1-12(2)13-8-14-15(9-16(13)34(38)39)28(4)7-5-6-27(3,18(28)10-17(14)35)11-33-25(36)19-20(26(33)37)22(30)24(32)23(31)21(19)29/h8-9,12,18H,5-7,10-11H2,1-4H3/t18-,27-,28+/m0/s1. The highest BCUT2D eigenvalue weighted by molar-refractivity contribution is 6.55. The number of nitrogens with zero attached hydrogens (tertiary/aromatic N) is 2. The number of hydrogen-bond donors (Lipinski definition) is 0. The van der Waals surface area contributed by atoms with E-state index in [0.717, 1.165) is 17.7 Å². The monoisotopic (exact) mass is 610 g/mol. The van der Waals surface area contributed by atoms with Crippen LogP contribution in [0.4, 0.5) is 5.69 Å². The van der Waals surface area contributed by atoms with Crippen LogP contribution in [0.1, 0.15) is 101 Å². The van der Waals surface area contributed by atoms with Crippen LogP contribution >= 0.6 is 46.4 Å². The Balaban J connectivity index is 1.58. The van der Waals surface area contributed by atoms with Gasteiger partial charge in [0.25, 0.3) is 17.5 Å². The maximum absolute atomic E-state index is 13.6. The van der Waals surface area contributed by atoms with Crippen LogP contribution in [0.2, 0.25) is 20.1 Å². The zero-order valence-corrected chi connectivity index (χ0v) is 24.8. The van der Waals surface area contributed by atoms with E-state index in [0.29, 0.717) is 23.1 Å². The van der Waals surface area contributed by atoms with Gasteiger partial charge >= 0.3 is 0 Å². The van der Waals surface area contributed by atoms with Crippen LogP contribution in [0.5, 0.6) is 0 Å². The second kappa shape index (κ2) is 9.44. The van der Waals surface area contributed by atoms with Crippen molar-refractivity contribution < 1.29 is 19.3 Å². The number of nitro groups is 1. The predicted octanol–water partition coefficient (Wildman–Crippen LogP) is 8.28. The Morgan fingerprint density at radius 2 is 1.54 bits per heavy atom. The lowest BCUT2D eigenvalue weighted by Gasteiger charge is -2.55. The van der Waals surface area contributed by atoms with Gasteiger partial charge in [0.15, 0.2) is 5.78 Å². The lowest BCUT2D eigenvalue weighted by atomic mass is 9.49. The molecule has 0 N–H and O–H groups in total. The van der Waals surface area contributed by atoms with Crippen molar-refractivity contribution in [2.75, 3.05) is 6.54 Å². The van der Waals surface area contributed by atoms with E-state index >= 15 is 0 Å². The van der Waals surface area contributed by atoms with Crippen molar-refractivity contribution in [2.24, 2.45) is 11.3 Å². The van der Waals surface area contributed by atoms with E-state index in [2.05, 4.69) is 0 Å². The summed E-state index contributed by atoms with van der Waals surface area (Å²) in [5.74, 6) is -1.72. The molecule has 0 saturated heterocycles. The molecule has 1 heterocycles. The Morgan fingerprint density at radius 3 is 2.05 bits per heavy atom. The molecule has 2 aliphatic carbocycles. The van der Waals surface area contributed by atoms with E-state index in [1.807, 2.05) is 27.7 Å². The number of imide groups is 1. The molecule has 0 spiro atoms. The SMILES string of the molecule is CC(C)c1cc2c(cc1[N+](=O)[O-])[C@@]1(C)CCC[C@@](C)(CN3C(=O)c4c(Cl)c(Cl)c(Cl)c(Cl)c4C3=O)[C@@H]1CC2=O. The Hall–Kier alpha value is -2.19. The van der Waals surface area contributed by atoms with Gasteiger partial charge in [0, 0.05) is 30.2 Å². The van der Waals surface area contributed by atoms with Crippen LogP contribution in [0.25, 0.3) is 0 Å². The fourth-order valence-electron chi connectivity index (χ4n) is 7.08. The lowest BCUT2D eigenvalue weighted by Crippen LogP contribution is -2.55. The summed E-state index contributed by atoms with van der Waals surface area (Å²) >= 11 is 25.0. The van der Waals surface area contributed by atoms with Crippen molar-refractivity contribution in [1.29, 1.82) is 0 Å². The Morgan fingerprint density at radius 1 is 0.974 bits per heavy atom. The second-order valence-corrected chi connectivity index (χ2v) is 13.2. The van der Waals surface area contributed by atoms with Gasteiger partial charge in [0.05, 0.1) is 36.1 Å². The van der Waals surface area contributed by atoms with Gasteiger partial charge in [-0.2, -0.15) is 0 Å². The van der Waals surface area contributed by atoms with Crippen LogP contribution in [-0.4, -0.2) is 34.0 Å². The first-order valence-electron chi connectivity index (χ1n) is 12.7. The molecule has 2 aromatic rings. The summed E-state index contributed by atoms with van der Waals surface area (Å²) in [5.41, 5.74) is 0.334. The number of carbonyl (C=O) groups is 3. The number of rotatable bonds is 4. The minimum atomic E-state index is -0.661. The molecule has 5 rings (SSSR count). The first-order valence-corrected chi connectivity index (χ1v) is 14.2. The molecule has 2 aromatic carbocycles. The predicted molar refractivity (Wildman–Crippen MR) is 151 cm³/mol. The molecule has 3 aliphatic rings. The van der Waals surface area contributed by atoms with Crippen molar-refractivity contribution in [3.05, 3.63) is 70.2 Å². The second-order valence-electron chi connectivity index (χ2n) is 11.7. The summed E-state index contributed by atoms with van der Waals surface area (Å²) < 4.78 is 0. The van der Waals surface area contributed by atoms with Crippen LogP contribution < -0.4 is 0 Å². The highest BCUT2D eigenvalue weighted by atomic mass is 35.5. The third-order valence-corrected chi connectivity index (χ3v) is 10.9. The summed E-state index contributed by atoms with van der Waals surface area (Å²) in [7, 11) is 0. The van der Waals surface area contributed by atoms with Crippen molar-refractivity contribution in [3.63, 3.8) is 0 Å². The summed E-state index contributed by atoms with van der Waals surface area (Å²) in [6.07, 6.45) is 2.33. The average molecular weight is 612 g/mol. The lowest BCUT2D eigenvalue weighted by molar-refractivity contribution is -0.385. The summed E-state index contributed by atoms with van der Waals surface area (Å²) in [6, 6.07) is 3.27. The van der Waals surface area contributed by atoms with Crippen LogP contribution in [-0.2, 0) is 5.41 Å². The number of fused-ring (bicyclic) bond motifs is 4. The van der Waals surface area contributed by atoms with Crippen molar-refractivity contribution in [3.8, 4) is 0 Å². The third-order valence-electron chi connectivity index (χ3n) is 9.05. The summed E-state index contributed by atoms with van der Waals surface area (Å²) in [4.78, 5) is 53.3. The van der Waals surface area contributed by atoms with Crippen molar-refractivity contribution >= 4 is 69.7 Å². The molecule has 1 fully saturated rings. The zero-order chi connectivity index (χ0) is 28.8. The number of carbonyl (C=O) groups excluding carboxylic acids is 3. The van der Waals surface area contributed by atoms with Crippen molar-refractivity contribution in [2.45, 2.75) is 64.7 Å². The van der Waals surface area contributed by atoms with E-state index < -0.39 is 27.6 Å². The van der Waals surface area contributed by atoms with Crippen molar-refractivity contribution in [1.82, 2.24) is 4.90 Å². The number of hydrogen-bond acceptors (Lipinski definition) is 5. The van der Waals surface area contributed by atoms with E-state index in [1.165, 1.54) is 0 Å². The van der Waals surface area contributed by atoms with Crippen LogP contribution in [0.3, 0.4) is 0 Å². The quantitative estimate of drug-likeness (QED) is 0.114. The minimum absolute atomic E-state index is 0.00379. The maximum Gasteiger partial charge on any atom is 0.273 e. The Kier molecular flexibility index (Phi) is 6.86. The Bertz CT molecular complexity index is 1460. The third kappa shape index (κ3) is 4.03. The number of ketones is 1. The molecule has 3 atom stereocenters. The normalized spacial score (nSPS) is 26.1. The van der Waals surface area contributed by atoms with Gasteiger partial charge in [-0.1, -0.05) is 80.5 Å². The number of nitro benzene ring substituents is 1. The summed E-state index contributed by atoms with van der Waals surface area (Å²) in [6.45, 7) is 7.76. The first-order chi connectivity index (χ1) is 18.1. The number of amides is 2. The van der Waals surface area contributed by atoms with E-state index in [-0.39, 0.29) is 67.5 Å². The highest BCUT2D eigenvalue weighted by Crippen LogP contribution is 2.59. The molecule has 0 radical (unpaired) electrons. The molecule has 206 valence electrons. The van der Waals surface area contributed by atoms with Gasteiger partial charge in [-0.25, -0.2) is 0 Å². The van der Waals surface area contributed by atoms with Gasteiger partial charge in [0.1, 0.15) is 0 Å². The number of benzene rings is 2. The van der Waals surface area contributed by atoms with Gasteiger partial charge in [0.2, 0.25) is 0 Å². The average Bonchev–Trinajstić information content (AvgIpc) is 3.11. The van der Waals surface area contributed by atoms with Gasteiger partial charge < -0.3 is 0 Å². The molecule has 2 amide bonds.